The molecule has 2 N–H and O–H groups in total. The monoisotopic (exact) mass is 230 g/mol. The Bertz CT molecular complexity index is 258. The highest BCUT2D eigenvalue weighted by Crippen LogP contribution is 2.59. The Morgan fingerprint density at radius 1 is 0.938 bits per heavy atom. The van der Waals surface area contributed by atoms with Crippen LogP contribution in [-0.4, -0.2) is 49.2 Å². The molecule has 5 nitrogen and oxygen atoms in total. The van der Waals surface area contributed by atoms with Gasteiger partial charge < -0.3 is 24.4 Å². The van der Waals surface area contributed by atoms with E-state index in [1.807, 2.05) is 0 Å². The largest absolute Gasteiger partial charge is 0.390 e. The van der Waals surface area contributed by atoms with Crippen LogP contribution in [0.5, 0.6) is 0 Å². The van der Waals surface area contributed by atoms with Crippen molar-refractivity contribution in [3.63, 3.8) is 0 Å². The summed E-state index contributed by atoms with van der Waals surface area (Å²) >= 11 is 0. The van der Waals surface area contributed by atoms with E-state index in [2.05, 4.69) is 0 Å². The number of fused-ring (bicyclic) bond motifs is 5. The van der Waals surface area contributed by atoms with E-state index >= 15 is 0 Å². The third kappa shape index (κ3) is 1.18. The van der Waals surface area contributed by atoms with Gasteiger partial charge in [0, 0.05) is 26.1 Å². The smallest absolute Gasteiger partial charge is 0.163 e. The number of aliphatic hydroxyl groups is 2. The fraction of sp³-hybridized carbons (Fsp3) is 1.00. The number of hydrogen-bond acceptors (Lipinski definition) is 5. The molecule has 0 aromatic rings. The highest BCUT2D eigenvalue weighted by Gasteiger charge is 2.65. The Balaban J connectivity index is 1.89. The normalized spacial score (nSPS) is 59.2. The van der Waals surface area contributed by atoms with Crippen molar-refractivity contribution >= 4 is 0 Å². The SMILES string of the molecule is COC1OC(OC)C2C3CC(C(O)C3O)C12. The Labute approximate surface area is 94.3 Å². The first kappa shape index (κ1) is 10.9. The van der Waals surface area contributed by atoms with Crippen molar-refractivity contribution in [2.24, 2.45) is 23.7 Å². The first-order valence-corrected chi connectivity index (χ1v) is 5.76. The molecule has 1 aliphatic heterocycles. The molecule has 3 aliphatic rings. The summed E-state index contributed by atoms with van der Waals surface area (Å²) in [7, 11) is 3.21. The maximum Gasteiger partial charge on any atom is 0.163 e. The molecule has 1 heterocycles. The molecule has 3 rings (SSSR count). The summed E-state index contributed by atoms with van der Waals surface area (Å²) in [4.78, 5) is 0. The molecule has 2 saturated carbocycles. The first-order chi connectivity index (χ1) is 7.69. The van der Waals surface area contributed by atoms with Gasteiger partial charge in [0.1, 0.15) is 0 Å². The van der Waals surface area contributed by atoms with Crippen molar-refractivity contribution < 1.29 is 24.4 Å². The van der Waals surface area contributed by atoms with Crippen molar-refractivity contribution in [3.05, 3.63) is 0 Å². The third-order valence-corrected chi connectivity index (χ3v) is 4.57. The highest BCUT2D eigenvalue weighted by atomic mass is 16.8. The molecule has 0 spiro atoms. The fourth-order valence-corrected chi connectivity index (χ4v) is 3.95. The molecule has 5 heteroatoms. The quantitative estimate of drug-likeness (QED) is 0.673. The second-order valence-corrected chi connectivity index (χ2v) is 5.04. The second kappa shape index (κ2) is 3.65. The number of ether oxygens (including phenoxy) is 3. The molecular weight excluding hydrogens is 212 g/mol. The average molecular weight is 230 g/mol. The van der Waals surface area contributed by atoms with Crippen LogP contribution in [0.4, 0.5) is 0 Å². The van der Waals surface area contributed by atoms with Gasteiger partial charge in [-0.2, -0.15) is 0 Å². The lowest BCUT2D eigenvalue weighted by atomic mass is 9.77. The molecule has 8 atom stereocenters. The van der Waals surface area contributed by atoms with E-state index in [0.717, 1.165) is 6.42 Å². The molecule has 16 heavy (non-hydrogen) atoms. The van der Waals surface area contributed by atoms with Gasteiger partial charge in [-0.25, -0.2) is 0 Å². The fourth-order valence-electron chi connectivity index (χ4n) is 3.95. The second-order valence-electron chi connectivity index (χ2n) is 5.04. The Hall–Kier alpha value is -0.200. The van der Waals surface area contributed by atoms with Crippen molar-refractivity contribution in [3.8, 4) is 0 Å². The molecule has 0 aromatic heterocycles. The maximum atomic E-state index is 9.91. The number of rotatable bonds is 2. The van der Waals surface area contributed by atoms with Crippen LogP contribution in [0.3, 0.4) is 0 Å². The van der Waals surface area contributed by atoms with Crippen molar-refractivity contribution in [1.29, 1.82) is 0 Å². The Morgan fingerprint density at radius 2 is 1.38 bits per heavy atom. The molecular formula is C11H18O5. The molecule has 92 valence electrons. The Morgan fingerprint density at radius 3 is 1.75 bits per heavy atom. The predicted octanol–water partition coefficient (Wildman–Crippen LogP) is -0.435. The zero-order valence-corrected chi connectivity index (χ0v) is 9.45. The van der Waals surface area contributed by atoms with Gasteiger partial charge in [0.05, 0.1) is 12.2 Å². The van der Waals surface area contributed by atoms with Gasteiger partial charge in [-0.15, -0.1) is 0 Å². The van der Waals surface area contributed by atoms with E-state index in [-0.39, 0.29) is 36.3 Å². The number of methoxy groups -OCH3 is 2. The minimum atomic E-state index is -0.636. The van der Waals surface area contributed by atoms with E-state index in [1.54, 1.807) is 14.2 Å². The van der Waals surface area contributed by atoms with E-state index in [1.165, 1.54) is 0 Å². The van der Waals surface area contributed by atoms with Crippen LogP contribution >= 0.6 is 0 Å². The summed E-state index contributed by atoms with van der Waals surface area (Å²) in [6, 6.07) is 0. The van der Waals surface area contributed by atoms with Gasteiger partial charge in [0.25, 0.3) is 0 Å². The van der Waals surface area contributed by atoms with Crippen LogP contribution in [0.15, 0.2) is 0 Å². The number of aliphatic hydroxyl groups excluding tert-OH is 2. The van der Waals surface area contributed by atoms with Crippen LogP contribution in [0.2, 0.25) is 0 Å². The summed E-state index contributed by atoms with van der Waals surface area (Å²) in [5.74, 6) is 0.460. The lowest BCUT2D eigenvalue weighted by molar-refractivity contribution is -0.203. The molecule has 1 saturated heterocycles. The summed E-state index contributed by atoms with van der Waals surface area (Å²) in [5, 5.41) is 19.8. The van der Waals surface area contributed by atoms with E-state index in [9.17, 15) is 10.2 Å². The standard InChI is InChI=1S/C11H18O5/c1-14-10-6-4-3-5(9(13)8(4)12)7(6)11(15-2)16-10/h4-13H,3H2,1-2H3. The molecule has 8 unspecified atom stereocenters. The summed E-state index contributed by atoms with van der Waals surface area (Å²) < 4.78 is 16.2. The van der Waals surface area contributed by atoms with Gasteiger partial charge in [-0.1, -0.05) is 0 Å². The van der Waals surface area contributed by atoms with Crippen molar-refractivity contribution in [2.75, 3.05) is 14.2 Å². The lowest BCUT2D eigenvalue weighted by Crippen LogP contribution is -2.44. The molecule has 2 aliphatic carbocycles. The van der Waals surface area contributed by atoms with E-state index < -0.39 is 12.2 Å². The molecule has 2 bridgehead atoms. The zero-order chi connectivity index (χ0) is 11.4. The molecule has 0 aromatic carbocycles. The van der Waals surface area contributed by atoms with Crippen LogP contribution in [0.25, 0.3) is 0 Å². The van der Waals surface area contributed by atoms with Gasteiger partial charge >= 0.3 is 0 Å². The zero-order valence-electron chi connectivity index (χ0n) is 9.45. The van der Waals surface area contributed by atoms with Crippen molar-refractivity contribution in [1.82, 2.24) is 0 Å². The van der Waals surface area contributed by atoms with Crippen LogP contribution < -0.4 is 0 Å². The lowest BCUT2D eigenvalue weighted by Gasteiger charge is -2.33. The van der Waals surface area contributed by atoms with Crippen molar-refractivity contribution in [2.45, 2.75) is 31.2 Å². The Kier molecular flexibility index (Phi) is 2.49. The minimum absolute atomic E-state index is 0.0788. The van der Waals surface area contributed by atoms with Gasteiger partial charge in [-0.3, -0.25) is 0 Å². The molecule has 0 amide bonds. The maximum absolute atomic E-state index is 9.91. The average Bonchev–Trinajstić information content (AvgIpc) is 2.90. The minimum Gasteiger partial charge on any atom is -0.390 e. The topological polar surface area (TPSA) is 68.2 Å². The molecule has 3 fully saturated rings. The van der Waals surface area contributed by atoms with E-state index in [4.69, 9.17) is 14.2 Å². The first-order valence-electron chi connectivity index (χ1n) is 5.76. The van der Waals surface area contributed by atoms with Gasteiger partial charge in [0.2, 0.25) is 0 Å². The van der Waals surface area contributed by atoms with Gasteiger partial charge in [-0.05, 0) is 18.3 Å². The van der Waals surface area contributed by atoms with Crippen LogP contribution in [0.1, 0.15) is 6.42 Å². The van der Waals surface area contributed by atoms with E-state index in [0.29, 0.717) is 0 Å². The van der Waals surface area contributed by atoms with Crippen LogP contribution in [0, 0.1) is 23.7 Å². The van der Waals surface area contributed by atoms with Gasteiger partial charge in [0.15, 0.2) is 12.6 Å². The summed E-state index contributed by atoms with van der Waals surface area (Å²) in [5.41, 5.74) is 0. The van der Waals surface area contributed by atoms with Crippen LogP contribution in [-0.2, 0) is 14.2 Å². The highest BCUT2D eigenvalue weighted by molar-refractivity contribution is 5.09. The summed E-state index contributed by atoms with van der Waals surface area (Å²) in [6.45, 7) is 0. The molecule has 0 radical (unpaired) electrons. The third-order valence-electron chi connectivity index (χ3n) is 4.57. The number of hydrogen-bond donors (Lipinski definition) is 2. The predicted molar refractivity (Wildman–Crippen MR) is 53.3 cm³/mol. The summed E-state index contributed by atoms with van der Waals surface area (Å²) in [6.07, 6.45) is -1.05.